The summed E-state index contributed by atoms with van der Waals surface area (Å²) in [6.07, 6.45) is -4.28. The number of hydrogen-bond donors (Lipinski definition) is 1. The Kier molecular flexibility index (Phi) is 4.32. The van der Waals surface area contributed by atoms with Crippen molar-refractivity contribution in [2.24, 2.45) is 5.73 Å². The number of nitrogens with zero attached hydrogens (tertiary/aromatic N) is 1. The van der Waals surface area contributed by atoms with Crippen molar-refractivity contribution >= 4 is 0 Å². The van der Waals surface area contributed by atoms with E-state index in [-0.39, 0.29) is 6.54 Å². The molecule has 2 nitrogen and oxygen atoms in total. The van der Waals surface area contributed by atoms with E-state index in [9.17, 15) is 13.2 Å². The maximum absolute atomic E-state index is 12.6. The average Bonchev–Trinajstić information content (AvgIpc) is 2.17. The molecule has 0 saturated heterocycles. The first-order chi connectivity index (χ1) is 7.45. The van der Waals surface area contributed by atoms with Crippen molar-refractivity contribution in [1.82, 2.24) is 4.90 Å². The smallest absolute Gasteiger partial charge is 0.329 e. The third-order valence-electron chi connectivity index (χ3n) is 2.41. The molecule has 1 aromatic carbocycles. The SMILES string of the molecule is CN(Cc1ccccc1)[C@@H](CN)C(F)(F)F. The van der Waals surface area contributed by atoms with Crippen LogP contribution in [0, 0.1) is 0 Å². The molecule has 0 aliphatic rings. The van der Waals surface area contributed by atoms with Crippen LogP contribution < -0.4 is 5.73 Å². The first kappa shape index (κ1) is 13.0. The van der Waals surface area contributed by atoms with E-state index in [4.69, 9.17) is 5.73 Å². The van der Waals surface area contributed by atoms with Gasteiger partial charge < -0.3 is 5.73 Å². The third-order valence-corrected chi connectivity index (χ3v) is 2.41. The average molecular weight is 232 g/mol. The van der Waals surface area contributed by atoms with Crippen LogP contribution in [0.3, 0.4) is 0 Å². The number of likely N-dealkylation sites (N-methyl/N-ethyl adjacent to an activating group) is 1. The van der Waals surface area contributed by atoms with Gasteiger partial charge in [0.1, 0.15) is 6.04 Å². The van der Waals surface area contributed by atoms with E-state index in [1.165, 1.54) is 11.9 Å². The molecule has 1 aromatic rings. The van der Waals surface area contributed by atoms with E-state index < -0.39 is 18.8 Å². The standard InChI is InChI=1S/C11H15F3N2/c1-16(10(7-15)11(12,13)14)8-9-5-3-2-4-6-9/h2-6,10H,7-8,15H2,1H3/t10-/m0/s1. The lowest BCUT2D eigenvalue weighted by molar-refractivity contribution is -0.178. The zero-order chi connectivity index (χ0) is 12.2. The first-order valence-corrected chi connectivity index (χ1v) is 4.96. The van der Waals surface area contributed by atoms with Gasteiger partial charge in [0, 0.05) is 13.1 Å². The molecule has 16 heavy (non-hydrogen) atoms. The van der Waals surface area contributed by atoms with Gasteiger partial charge in [0.15, 0.2) is 0 Å². The molecular formula is C11H15F3N2. The van der Waals surface area contributed by atoms with Crippen LogP contribution >= 0.6 is 0 Å². The molecule has 0 aliphatic heterocycles. The predicted molar refractivity (Wildman–Crippen MR) is 56.8 cm³/mol. The van der Waals surface area contributed by atoms with Crippen molar-refractivity contribution in [2.75, 3.05) is 13.6 Å². The molecule has 0 unspecified atom stereocenters. The lowest BCUT2D eigenvalue weighted by Crippen LogP contribution is -2.48. The van der Waals surface area contributed by atoms with Gasteiger partial charge in [0.25, 0.3) is 0 Å². The van der Waals surface area contributed by atoms with Gasteiger partial charge in [0.05, 0.1) is 0 Å². The van der Waals surface area contributed by atoms with Gasteiger partial charge in [-0.15, -0.1) is 0 Å². The fourth-order valence-corrected chi connectivity index (χ4v) is 1.55. The molecule has 5 heteroatoms. The van der Waals surface area contributed by atoms with Crippen LogP contribution in [0.25, 0.3) is 0 Å². The highest BCUT2D eigenvalue weighted by Crippen LogP contribution is 2.24. The largest absolute Gasteiger partial charge is 0.405 e. The summed E-state index contributed by atoms with van der Waals surface area (Å²) in [6, 6.07) is 7.42. The van der Waals surface area contributed by atoms with Gasteiger partial charge in [-0.2, -0.15) is 13.2 Å². The van der Waals surface area contributed by atoms with Gasteiger partial charge in [-0.25, -0.2) is 0 Å². The van der Waals surface area contributed by atoms with E-state index in [2.05, 4.69) is 0 Å². The van der Waals surface area contributed by atoms with Crippen molar-refractivity contribution in [3.8, 4) is 0 Å². The van der Waals surface area contributed by atoms with Gasteiger partial charge in [-0.05, 0) is 12.6 Å². The Morgan fingerprint density at radius 1 is 1.25 bits per heavy atom. The first-order valence-electron chi connectivity index (χ1n) is 4.96. The molecule has 0 heterocycles. The molecule has 0 fully saturated rings. The number of benzene rings is 1. The molecule has 0 aromatic heterocycles. The fraction of sp³-hybridized carbons (Fsp3) is 0.455. The van der Waals surface area contributed by atoms with Crippen LogP contribution in [0.5, 0.6) is 0 Å². The molecule has 1 atom stereocenters. The molecule has 0 amide bonds. The second kappa shape index (κ2) is 5.32. The molecule has 0 radical (unpaired) electrons. The van der Waals surface area contributed by atoms with E-state index >= 15 is 0 Å². The fourth-order valence-electron chi connectivity index (χ4n) is 1.55. The maximum atomic E-state index is 12.6. The molecule has 0 spiro atoms. The summed E-state index contributed by atoms with van der Waals surface area (Å²) in [5.74, 6) is 0. The third kappa shape index (κ3) is 3.50. The van der Waals surface area contributed by atoms with E-state index in [1.807, 2.05) is 6.07 Å². The molecule has 1 rings (SSSR count). The monoisotopic (exact) mass is 232 g/mol. The quantitative estimate of drug-likeness (QED) is 0.860. The number of alkyl halides is 3. The Labute approximate surface area is 92.9 Å². The summed E-state index contributed by atoms with van der Waals surface area (Å²) < 4.78 is 37.7. The summed E-state index contributed by atoms with van der Waals surface area (Å²) in [7, 11) is 1.43. The molecule has 2 N–H and O–H groups in total. The van der Waals surface area contributed by atoms with Gasteiger partial charge in [0.2, 0.25) is 0 Å². The highest BCUT2D eigenvalue weighted by atomic mass is 19.4. The van der Waals surface area contributed by atoms with E-state index in [0.29, 0.717) is 0 Å². The predicted octanol–water partition coefficient (Wildman–Crippen LogP) is 2.01. The minimum atomic E-state index is -4.28. The topological polar surface area (TPSA) is 29.3 Å². The lowest BCUT2D eigenvalue weighted by Gasteiger charge is -2.28. The minimum Gasteiger partial charge on any atom is -0.329 e. The summed E-state index contributed by atoms with van der Waals surface area (Å²) >= 11 is 0. The molecule has 0 bridgehead atoms. The maximum Gasteiger partial charge on any atom is 0.405 e. The molecular weight excluding hydrogens is 217 g/mol. The lowest BCUT2D eigenvalue weighted by atomic mass is 10.2. The van der Waals surface area contributed by atoms with Crippen LogP contribution in [-0.2, 0) is 6.54 Å². The van der Waals surface area contributed by atoms with Crippen molar-refractivity contribution < 1.29 is 13.2 Å². The van der Waals surface area contributed by atoms with Gasteiger partial charge in [-0.1, -0.05) is 30.3 Å². The van der Waals surface area contributed by atoms with Crippen LogP contribution in [0.4, 0.5) is 13.2 Å². The summed E-state index contributed by atoms with van der Waals surface area (Å²) in [5.41, 5.74) is 5.99. The van der Waals surface area contributed by atoms with Crippen LogP contribution in [0.1, 0.15) is 5.56 Å². The summed E-state index contributed by atoms with van der Waals surface area (Å²) in [6.45, 7) is -0.185. The summed E-state index contributed by atoms with van der Waals surface area (Å²) in [5, 5.41) is 0. The zero-order valence-electron chi connectivity index (χ0n) is 9.04. The molecule has 90 valence electrons. The Balaban J connectivity index is 2.67. The Morgan fingerprint density at radius 2 is 1.81 bits per heavy atom. The Hall–Kier alpha value is -1.07. The van der Waals surface area contributed by atoms with Crippen LogP contribution in [0.15, 0.2) is 30.3 Å². The van der Waals surface area contributed by atoms with Gasteiger partial charge >= 0.3 is 6.18 Å². The normalized spacial score (nSPS) is 14.1. The van der Waals surface area contributed by atoms with Crippen LogP contribution in [0.2, 0.25) is 0 Å². The van der Waals surface area contributed by atoms with Crippen molar-refractivity contribution in [2.45, 2.75) is 18.8 Å². The second-order valence-corrected chi connectivity index (χ2v) is 3.69. The van der Waals surface area contributed by atoms with Crippen molar-refractivity contribution in [1.29, 1.82) is 0 Å². The number of halogens is 3. The number of hydrogen-bond acceptors (Lipinski definition) is 2. The Bertz CT molecular complexity index is 311. The zero-order valence-corrected chi connectivity index (χ0v) is 9.04. The molecule has 0 aliphatic carbocycles. The number of rotatable bonds is 4. The van der Waals surface area contributed by atoms with Crippen molar-refractivity contribution in [3.63, 3.8) is 0 Å². The highest BCUT2D eigenvalue weighted by Gasteiger charge is 2.41. The number of nitrogens with two attached hydrogens (primary N) is 1. The van der Waals surface area contributed by atoms with E-state index in [1.54, 1.807) is 24.3 Å². The highest BCUT2D eigenvalue weighted by molar-refractivity contribution is 5.14. The van der Waals surface area contributed by atoms with Gasteiger partial charge in [-0.3, -0.25) is 4.90 Å². The second-order valence-electron chi connectivity index (χ2n) is 3.69. The molecule has 0 saturated carbocycles. The van der Waals surface area contributed by atoms with E-state index in [0.717, 1.165) is 5.56 Å². The summed E-state index contributed by atoms with van der Waals surface area (Å²) in [4.78, 5) is 1.22. The van der Waals surface area contributed by atoms with Crippen molar-refractivity contribution in [3.05, 3.63) is 35.9 Å². The Morgan fingerprint density at radius 3 is 2.25 bits per heavy atom. The van der Waals surface area contributed by atoms with Crippen LogP contribution in [-0.4, -0.2) is 30.7 Å². The minimum absolute atomic E-state index is 0.238.